The molecule has 0 aliphatic heterocycles. The summed E-state index contributed by atoms with van der Waals surface area (Å²) in [7, 11) is -2.62. The van der Waals surface area contributed by atoms with Gasteiger partial charge in [-0.3, -0.25) is 19.9 Å². The molecular formula is C13H23F6N4O2P. The molecule has 0 aromatic heterocycles. The summed E-state index contributed by atoms with van der Waals surface area (Å²) in [5, 5.41) is 11.0. The molecule has 0 unspecified atom stereocenters. The predicted molar refractivity (Wildman–Crippen MR) is 88.4 cm³/mol. The normalized spacial score (nSPS) is 14.7. The van der Waals surface area contributed by atoms with Crippen LogP contribution in [0.5, 0.6) is 0 Å². The van der Waals surface area contributed by atoms with Gasteiger partial charge in [-0.05, 0) is 34.3 Å². The van der Waals surface area contributed by atoms with Crippen molar-refractivity contribution in [1.82, 2.24) is 9.80 Å². The van der Waals surface area contributed by atoms with E-state index in [-0.39, 0.29) is 10.6 Å². The van der Waals surface area contributed by atoms with Gasteiger partial charge in [0.05, 0.1) is 10.5 Å². The molecule has 0 radical (unpaired) electrons. The first-order chi connectivity index (χ1) is 11.3. The molecule has 1 rings (SSSR count). The Morgan fingerprint density at radius 2 is 1.35 bits per heavy atom. The molecule has 0 spiro atoms. The number of nitrogens with zero attached hydrogens (tertiary/aromatic N) is 3. The first-order valence-electron chi connectivity index (χ1n) is 7.27. The molecule has 0 aliphatic rings. The van der Waals surface area contributed by atoms with E-state index in [0.717, 1.165) is 18.9 Å². The Kier molecular flexibility index (Phi) is 7.57. The summed E-state index contributed by atoms with van der Waals surface area (Å²) < 4.78 is 59.2. The molecule has 154 valence electrons. The Hall–Kier alpha value is -1.49. The van der Waals surface area contributed by atoms with Crippen molar-refractivity contribution in [3.05, 3.63) is 39.9 Å². The van der Waals surface area contributed by atoms with Crippen molar-refractivity contribution in [2.24, 2.45) is 0 Å². The van der Waals surface area contributed by atoms with Gasteiger partial charge in [0.2, 0.25) is 0 Å². The number of rotatable bonds is 7. The fourth-order valence-corrected chi connectivity index (χ4v) is 2.16. The molecule has 0 aliphatic carbocycles. The van der Waals surface area contributed by atoms with E-state index in [4.69, 9.17) is 0 Å². The minimum atomic E-state index is -10.7. The molecule has 0 saturated carbocycles. The number of quaternary nitrogens is 1. The van der Waals surface area contributed by atoms with Crippen LogP contribution in [0.2, 0.25) is 0 Å². The Bertz CT molecular complexity index is 588. The SMILES string of the molecule is CN(C)C[NH+](Cc1ccccc1[N+](=O)[O-])CN(C)C.F[P-](F)(F)(F)(F)F. The maximum absolute atomic E-state index is 11.0. The van der Waals surface area contributed by atoms with Crippen LogP contribution in [0.1, 0.15) is 5.56 Å². The summed E-state index contributed by atoms with van der Waals surface area (Å²) in [4.78, 5) is 16.2. The van der Waals surface area contributed by atoms with Crippen LogP contribution in [0.25, 0.3) is 0 Å². The number of benzene rings is 1. The Labute approximate surface area is 147 Å². The Morgan fingerprint density at radius 3 is 1.69 bits per heavy atom. The van der Waals surface area contributed by atoms with Crippen molar-refractivity contribution in [1.29, 1.82) is 0 Å². The van der Waals surface area contributed by atoms with Crippen LogP contribution in [0.15, 0.2) is 24.3 Å². The number of nitrogens with one attached hydrogen (secondary N) is 1. The standard InChI is InChI=1S/C13H22N4O2.F6P/c1-14(2)10-16(11-15(3)4)9-12-7-5-6-8-13(12)17(18)19;1-7(2,3,4,5)6/h5-8H,9-11H2,1-4H3;/q;-1/p+1. The van der Waals surface area contributed by atoms with Gasteiger partial charge < -0.3 is 4.90 Å². The topological polar surface area (TPSA) is 54.1 Å². The summed E-state index contributed by atoms with van der Waals surface area (Å²) in [6.07, 6.45) is 0. The zero-order chi connectivity index (χ0) is 20.8. The van der Waals surface area contributed by atoms with Crippen LogP contribution in [-0.4, -0.2) is 56.3 Å². The number of para-hydroxylation sites is 1. The van der Waals surface area contributed by atoms with Crippen LogP contribution < -0.4 is 4.90 Å². The maximum atomic E-state index is 11.0. The van der Waals surface area contributed by atoms with Gasteiger partial charge in [0.1, 0.15) is 19.9 Å². The number of halogens is 6. The third-order valence-corrected chi connectivity index (χ3v) is 2.71. The minimum absolute atomic E-state index is 0.206. The molecule has 0 heterocycles. The monoisotopic (exact) mass is 412 g/mol. The van der Waals surface area contributed by atoms with E-state index in [1.807, 2.05) is 40.3 Å². The molecule has 0 fully saturated rings. The summed E-state index contributed by atoms with van der Waals surface area (Å²) >= 11 is 0. The zero-order valence-electron chi connectivity index (χ0n) is 14.8. The summed E-state index contributed by atoms with van der Waals surface area (Å²) in [5.74, 6) is 0. The molecule has 13 heteroatoms. The van der Waals surface area contributed by atoms with E-state index < -0.39 is 7.81 Å². The van der Waals surface area contributed by atoms with Crippen LogP contribution >= 0.6 is 7.81 Å². The number of nitro benzene ring substituents is 1. The Morgan fingerprint density at radius 1 is 0.962 bits per heavy atom. The van der Waals surface area contributed by atoms with Crippen molar-refractivity contribution in [3.63, 3.8) is 0 Å². The quantitative estimate of drug-likeness (QED) is 0.245. The second-order valence-corrected chi connectivity index (χ2v) is 8.16. The van der Waals surface area contributed by atoms with Crippen molar-refractivity contribution in [2.75, 3.05) is 41.5 Å². The number of hydrogen-bond acceptors (Lipinski definition) is 4. The molecule has 1 N–H and O–H groups in total. The molecule has 0 saturated heterocycles. The van der Waals surface area contributed by atoms with E-state index in [1.54, 1.807) is 12.1 Å². The molecule has 0 amide bonds. The molecular weight excluding hydrogens is 389 g/mol. The summed E-state index contributed by atoms with van der Waals surface area (Å²) in [6, 6.07) is 6.96. The number of hydrogen-bond donors (Lipinski definition) is 1. The molecule has 6 nitrogen and oxygen atoms in total. The van der Waals surface area contributed by atoms with Gasteiger partial charge in [0.25, 0.3) is 5.69 Å². The van der Waals surface area contributed by atoms with E-state index in [1.165, 1.54) is 4.90 Å². The van der Waals surface area contributed by atoms with E-state index in [0.29, 0.717) is 6.54 Å². The van der Waals surface area contributed by atoms with Gasteiger partial charge in [-0.2, -0.15) is 0 Å². The fraction of sp³-hybridized carbons (Fsp3) is 0.538. The second kappa shape index (κ2) is 8.03. The van der Waals surface area contributed by atoms with Gasteiger partial charge >= 0.3 is 33.0 Å². The van der Waals surface area contributed by atoms with E-state index in [9.17, 15) is 35.3 Å². The molecule has 1 aromatic rings. The van der Waals surface area contributed by atoms with Crippen LogP contribution in [-0.2, 0) is 6.54 Å². The van der Waals surface area contributed by atoms with Crippen LogP contribution in [0.3, 0.4) is 0 Å². The molecule has 0 atom stereocenters. The van der Waals surface area contributed by atoms with E-state index in [2.05, 4.69) is 9.80 Å². The first kappa shape index (κ1) is 24.5. The second-order valence-electron chi connectivity index (χ2n) is 6.25. The molecule has 26 heavy (non-hydrogen) atoms. The summed E-state index contributed by atoms with van der Waals surface area (Å²) in [6.45, 7) is 2.32. The van der Waals surface area contributed by atoms with Gasteiger partial charge in [-0.1, -0.05) is 12.1 Å². The van der Waals surface area contributed by atoms with Crippen LogP contribution in [0.4, 0.5) is 30.9 Å². The van der Waals surface area contributed by atoms with Crippen LogP contribution in [0, 0.1) is 10.1 Å². The van der Waals surface area contributed by atoms with E-state index >= 15 is 0 Å². The van der Waals surface area contributed by atoms with Crippen molar-refractivity contribution < 1.29 is 35.0 Å². The van der Waals surface area contributed by atoms with Gasteiger partial charge in [0, 0.05) is 6.07 Å². The summed E-state index contributed by atoms with van der Waals surface area (Å²) in [5.41, 5.74) is 0.990. The van der Waals surface area contributed by atoms with Gasteiger partial charge in [-0.15, -0.1) is 0 Å². The third-order valence-electron chi connectivity index (χ3n) is 2.71. The molecule has 1 aromatic carbocycles. The van der Waals surface area contributed by atoms with Crippen molar-refractivity contribution >= 4 is 13.5 Å². The average molecular weight is 412 g/mol. The fourth-order valence-electron chi connectivity index (χ4n) is 2.16. The third kappa shape index (κ3) is 16.0. The van der Waals surface area contributed by atoms with Gasteiger partial charge in [-0.25, -0.2) is 0 Å². The van der Waals surface area contributed by atoms with Gasteiger partial charge in [0.15, 0.2) is 0 Å². The van der Waals surface area contributed by atoms with Crippen molar-refractivity contribution in [2.45, 2.75) is 6.54 Å². The average Bonchev–Trinajstić information content (AvgIpc) is 2.33. The first-order valence-corrected chi connectivity index (χ1v) is 9.29. The number of nitro groups is 1. The predicted octanol–water partition coefficient (Wildman–Crippen LogP) is 3.40. The molecule has 0 bridgehead atoms. The zero-order valence-corrected chi connectivity index (χ0v) is 15.7. The Balaban J connectivity index is 0.000000758. The van der Waals surface area contributed by atoms with Crippen molar-refractivity contribution in [3.8, 4) is 0 Å².